The molecule has 0 bridgehead atoms. The molecule has 1 N–H and O–H groups in total. The van der Waals surface area contributed by atoms with Crippen molar-refractivity contribution in [1.29, 1.82) is 0 Å². The van der Waals surface area contributed by atoms with E-state index in [1.54, 1.807) is 0 Å². The average Bonchev–Trinajstić information content (AvgIpc) is 2.50. The van der Waals surface area contributed by atoms with Gasteiger partial charge in [0.1, 0.15) is 5.75 Å². The monoisotopic (exact) mass is 289 g/mol. The molecular formula is C19H31NO. The van der Waals surface area contributed by atoms with Gasteiger partial charge in [0.05, 0.1) is 6.61 Å². The third-order valence-electron chi connectivity index (χ3n) is 4.44. The molecule has 2 heteroatoms. The molecule has 0 saturated heterocycles. The first-order valence-corrected chi connectivity index (χ1v) is 8.67. The average molecular weight is 289 g/mol. The number of benzene rings is 1. The maximum absolute atomic E-state index is 5.82. The van der Waals surface area contributed by atoms with Gasteiger partial charge in [0.2, 0.25) is 0 Å². The lowest BCUT2D eigenvalue weighted by atomic mass is 9.83. The van der Waals surface area contributed by atoms with E-state index in [0.717, 1.165) is 31.2 Å². The molecule has 0 saturated carbocycles. The third-order valence-corrected chi connectivity index (χ3v) is 4.44. The largest absolute Gasteiger partial charge is 0.493 e. The summed E-state index contributed by atoms with van der Waals surface area (Å²) in [5.41, 5.74) is 1.40. The Kier molecular flexibility index (Phi) is 6.56. The molecule has 21 heavy (non-hydrogen) atoms. The van der Waals surface area contributed by atoms with E-state index in [9.17, 15) is 0 Å². The lowest BCUT2D eigenvalue weighted by molar-refractivity contribution is 0.239. The molecule has 0 fully saturated rings. The van der Waals surface area contributed by atoms with Crippen molar-refractivity contribution < 1.29 is 4.74 Å². The van der Waals surface area contributed by atoms with Gasteiger partial charge in [-0.1, -0.05) is 51.8 Å². The van der Waals surface area contributed by atoms with Crippen LogP contribution >= 0.6 is 0 Å². The Balaban J connectivity index is 2.05. The highest BCUT2D eigenvalue weighted by Crippen LogP contribution is 2.37. The molecule has 118 valence electrons. The number of hydrogen-bond donors (Lipinski definition) is 1. The fraction of sp³-hybridized carbons (Fsp3) is 0.684. The van der Waals surface area contributed by atoms with Crippen molar-refractivity contribution in [3.8, 4) is 5.75 Å². The zero-order valence-corrected chi connectivity index (χ0v) is 13.9. The fourth-order valence-corrected chi connectivity index (χ4v) is 3.31. The second kappa shape index (κ2) is 8.43. The summed E-state index contributed by atoms with van der Waals surface area (Å²) in [5.74, 6) is 2.51. The Morgan fingerprint density at radius 2 is 2.05 bits per heavy atom. The Bertz CT molecular complexity index is 416. The standard InChI is InChI=1S/C19H31NO/c1-4-13-20-18(10-7-8-15(2)3)16-12-14-21-19-11-6-5-9-17(16)19/h5-6,9,11,15-16,18,20H,4,7-8,10,12-14H2,1-3H3. The number of nitrogens with one attached hydrogen (secondary N) is 1. The quantitative estimate of drug-likeness (QED) is 0.746. The number of ether oxygens (including phenoxy) is 1. The van der Waals surface area contributed by atoms with E-state index in [4.69, 9.17) is 4.74 Å². The lowest BCUT2D eigenvalue weighted by Gasteiger charge is -2.33. The summed E-state index contributed by atoms with van der Waals surface area (Å²) in [4.78, 5) is 0. The molecular weight excluding hydrogens is 258 g/mol. The molecule has 2 unspecified atom stereocenters. The fourth-order valence-electron chi connectivity index (χ4n) is 3.31. The summed E-state index contributed by atoms with van der Waals surface area (Å²) in [5, 5.41) is 3.80. The highest BCUT2D eigenvalue weighted by atomic mass is 16.5. The van der Waals surface area contributed by atoms with Gasteiger partial charge in [-0.05, 0) is 43.4 Å². The zero-order chi connectivity index (χ0) is 15.1. The van der Waals surface area contributed by atoms with Crippen LogP contribution in [0.1, 0.15) is 64.4 Å². The van der Waals surface area contributed by atoms with Crippen molar-refractivity contribution in [2.45, 2.75) is 64.8 Å². The molecule has 2 nitrogen and oxygen atoms in total. The summed E-state index contributed by atoms with van der Waals surface area (Å²) >= 11 is 0. The number of rotatable bonds is 8. The van der Waals surface area contributed by atoms with Crippen LogP contribution in [0.5, 0.6) is 5.75 Å². The maximum atomic E-state index is 5.82. The summed E-state index contributed by atoms with van der Waals surface area (Å²) < 4.78 is 5.82. The number of hydrogen-bond acceptors (Lipinski definition) is 2. The van der Waals surface area contributed by atoms with Crippen LogP contribution in [-0.4, -0.2) is 19.2 Å². The van der Waals surface area contributed by atoms with E-state index < -0.39 is 0 Å². The van der Waals surface area contributed by atoms with Crippen LogP contribution < -0.4 is 10.1 Å². The minimum Gasteiger partial charge on any atom is -0.493 e. The van der Waals surface area contributed by atoms with Crippen molar-refractivity contribution in [3.05, 3.63) is 29.8 Å². The molecule has 0 spiro atoms. The Hall–Kier alpha value is -1.02. The summed E-state index contributed by atoms with van der Waals surface area (Å²) in [6, 6.07) is 9.18. The smallest absolute Gasteiger partial charge is 0.122 e. The van der Waals surface area contributed by atoms with Crippen LogP contribution in [0.25, 0.3) is 0 Å². The topological polar surface area (TPSA) is 21.3 Å². The predicted molar refractivity (Wildman–Crippen MR) is 90.1 cm³/mol. The van der Waals surface area contributed by atoms with Crippen molar-refractivity contribution in [2.24, 2.45) is 5.92 Å². The highest BCUT2D eigenvalue weighted by Gasteiger charge is 2.28. The molecule has 0 radical (unpaired) electrons. The molecule has 1 heterocycles. The SMILES string of the molecule is CCCNC(CCCC(C)C)C1CCOc2ccccc21. The second-order valence-electron chi connectivity index (χ2n) is 6.67. The van der Waals surface area contributed by atoms with E-state index in [0.29, 0.717) is 12.0 Å². The van der Waals surface area contributed by atoms with Crippen LogP contribution in [0, 0.1) is 5.92 Å². The van der Waals surface area contributed by atoms with Crippen molar-refractivity contribution >= 4 is 0 Å². The molecule has 0 aromatic heterocycles. The maximum Gasteiger partial charge on any atom is 0.122 e. The first-order chi connectivity index (χ1) is 10.2. The van der Waals surface area contributed by atoms with E-state index in [1.165, 1.54) is 31.2 Å². The molecule has 0 aliphatic carbocycles. The molecule has 2 atom stereocenters. The van der Waals surface area contributed by atoms with Crippen LogP contribution in [-0.2, 0) is 0 Å². The van der Waals surface area contributed by atoms with Gasteiger partial charge in [0, 0.05) is 12.0 Å². The van der Waals surface area contributed by atoms with Crippen LogP contribution in [0.15, 0.2) is 24.3 Å². The molecule has 1 aliphatic heterocycles. The molecule has 1 aromatic carbocycles. The molecule has 1 aromatic rings. The summed E-state index contributed by atoms with van der Waals surface area (Å²) in [6.07, 6.45) is 6.26. The van der Waals surface area contributed by atoms with Crippen molar-refractivity contribution in [3.63, 3.8) is 0 Å². The molecule has 2 rings (SSSR count). The number of fused-ring (bicyclic) bond motifs is 1. The Morgan fingerprint density at radius 1 is 1.24 bits per heavy atom. The highest BCUT2D eigenvalue weighted by molar-refractivity contribution is 5.38. The zero-order valence-electron chi connectivity index (χ0n) is 13.9. The first kappa shape index (κ1) is 16.4. The summed E-state index contributed by atoms with van der Waals surface area (Å²) in [6.45, 7) is 8.86. The first-order valence-electron chi connectivity index (χ1n) is 8.67. The van der Waals surface area contributed by atoms with Crippen LogP contribution in [0.2, 0.25) is 0 Å². The second-order valence-corrected chi connectivity index (χ2v) is 6.67. The van der Waals surface area contributed by atoms with Gasteiger partial charge in [-0.2, -0.15) is 0 Å². The number of para-hydroxylation sites is 1. The van der Waals surface area contributed by atoms with Gasteiger partial charge in [-0.3, -0.25) is 0 Å². The third kappa shape index (κ3) is 4.74. The predicted octanol–water partition coefficient (Wildman–Crippen LogP) is 4.75. The molecule has 1 aliphatic rings. The van der Waals surface area contributed by atoms with Gasteiger partial charge in [0.25, 0.3) is 0 Å². The van der Waals surface area contributed by atoms with Crippen molar-refractivity contribution in [2.75, 3.05) is 13.2 Å². The van der Waals surface area contributed by atoms with E-state index in [-0.39, 0.29) is 0 Å². The minimum absolute atomic E-state index is 0.591. The van der Waals surface area contributed by atoms with E-state index in [2.05, 4.69) is 50.4 Å². The van der Waals surface area contributed by atoms with Gasteiger partial charge in [-0.15, -0.1) is 0 Å². The van der Waals surface area contributed by atoms with Gasteiger partial charge < -0.3 is 10.1 Å². The van der Waals surface area contributed by atoms with Gasteiger partial charge >= 0.3 is 0 Å². The Labute approximate surface area is 130 Å². The van der Waals surface area contributed by atoms with E-state index in [1.807, 2.05) is 0 Å². The van der Waals surface area contributed by atoms with Crippen molar-refractivity contribution in [1.82, 2.24) is 5.32 Å². The Morgan fingerprint density at radius 3 is 2.81 bits per heavy atom. The summed E-state index contributed by atoms with van der Waals surface area (Å²) in [7, 11) is 0. The lowest BCUT2D eigenvalue weighted by Crippen LogP contribution is -2.37. The van der Waals surface area contributed by atoms with Crippen LogP contribution in [0.4, 0.5) is 0 Å². The normalized spacial score (nSPS) is 19.1. The van der Waals surface area contributed by atoms with Gasteiger partial charge in [-0.25, -0.2) is 0 Å². The van der Waals surface area contributed by atoms with Crippen LogP contribution in [0.3, 0.4) is 0 Å². The van der Waals surface area contributed by atoms with Gasteiger partial charge in [0.15, 0.2) is 0 Å². The molecule has 0 amide bonds. The van der Waals surface area contributed by atoms with E-state index >= 15 is 0 Å². The minimum atomic E-state index is 0.591.